The number of nitrogen functional groups attached to an aromatic ring is 1. The van der Waals surface area contributed by atoms with E-state index < -0.39 is 0 Å². The van der Waals surface area contributed by atoms with Gasteiger partial charge in [0.2, 0.25) is 0 Å². The zero-order chi connectivity index (χ0) is 14.5. The molecule has 0 saturated heterocycles. The lowest BCUT2D eigenvalue weighted by Gasteiger charge is -2.12. The third-order valence-corrected chi connectivity index (χ3v) is 3.93. The summed E-state index contributed by atoms with van der Waals surface area (Å²) >= 11 is 6.85. The predicted molar refractivity (Wildman–Crippen MR) is 84.3 cm³/mol. The molecule has 0 spiro atoms. The van der Waals surface area contributed by atoms with E-state index in [1.807, 2.05) is 30.3 Å². The molecule has 0 aliphatic rings. The van der Waals surface area contributed by atoms with Crippen molar-refractivity contribution in [2.75, 3.05) is 0 Å². The Morgan fingerprint density at radius 1 is 1.10 bits per heavy atom. The second-order valence-electron chi connectivity index (χ2n) is 3.97. The topological polar surface area (TPSA) is 64.3 Å². The number of carbonyl (C=O) groups is 1. The average Bonchev–Trinajstić information content (AvgIpc) is 2.46. The SMILES string of the molecule is NNC(=O)c1ccccc1COc1c(Br)cccc1Br. The van der Waals surface area contributed by atoms with Gasteiger partial charge in [0.15, 0.2) is 0 Å². The number of hydrazine groups is 1. The molecule has 0 heterocycles. The third kappa shape index (κ3) is 3.39. The van der Waals surface area contributed by atoms with Gasteiger partial charge < -0.3 is 4.74 Å². The number of hydrogen-bond donors (Lipinski definition) is 2. The number of halogens is 2. The van der Waals surface area contributed by atoms with E-state index in [4.69, 9.17) is 10.6 Å². The van der Waals surface area contributed by atoms with Crippen molar-refractivity contribution in [3.63, 3.8) is 0 Å². The van der Waals surface area contributed by atoms with Crippen LogP contribution in [0.25, 0.3) is 0 Å². The number of amides is 1. The number of benzene rings is 2. The highest BCUT2D eigenvalue weighted by atomic mass is 79.9. The van der Waals surface area contributed by atoms with Gasteiger partial charge in [-0.3, -0.25) is 10.2 Å². The molecule has 0 saturated carbocycles. The van der Waals surface area contributed by atoms with Gasteiger partial charge in [-0.05, 0) is 50.1 Å². The smallest absolute Gasteiger partial charge is 0.265 e. The Morgan fingerprint density at radius 2 is 1.75 bits per heavy atom. The molecule has 0 radical (unpaired) electrons. The maximum absolute atomic E-state index is 11.7. The molecule has 104 valence electrons. The molecule has 2 aromatic carbocycles. The fourth-order valence-electron chi connectivity index (χ4n) is 1.72. The Hall–Kier alpha value is -1.37. The Labute approximate surface area is 133 Å². The highest BCUT2D eigenvalue weighted by molar-refractivity contribution is 9.11. The van der Waals surface area contributed by atoms with Crippen LogP contribution in [0.4, 0.5) is 0 Å². The van der Waals surface area contributed by atoms with Gasteiger partial charge >= 0.3 is 0 Å². The summed E-state index contributed by atoms with van der Waals surface area (Å²) in [6.07, 6.45) is 0. The molecular weight excluding hydrogens is 388 g/mol. The van der Waals surface area contributed by atoms with Crippen molar-refractivity contribution in [3.8, 4) is 5.75 Å². The Bertz CT molecular complexity index is 612. The van der Waals surface area contributed by atoms with Gasteiger partial charge in [-0.2, -0.15) is 0 Å². The number of nitrogens with two attached hydrogens (primary N) is 1. The molecule has 0 aliphatic heterocycles. The first-order valence-corrected chi connectivity index (χ1v) is 7.37. The van der Waals surface area contributed by atoms with E-state index in [-0.39, 0.29) is 12.5 Å². The van der Waals surface area contributed by atoms with Gasteiger partial charge in [0, 0.05) is 11.1 Å². The van der Waals surface area contributed by atoms with E-state index in [0.29, 0.717) is 11.3 Å². The van der Waals surface area contributed by atoms with Crippen molar-refractivity contribution in [1.29, 1.82) is 0 Å². The number of hydrogen-bond acceptors (Lipinski definition) is 3. The lowest BCUT2D eigenvalue weighted by atomic mass is 10.1. The fourth-order valence-corrected chi connectivity index (χ4v) is 2.94. The monoisotopic (exact) mass is 398 g/mol. The van der Waals surface area contributed by atoms with Crippen LogP contribution in [0.3, 0.4) is 0 Å². The van der Waals surface area contributed by atoms with Crippen LogP contribution in [0.2, 0.25) is 0 Å². The van der Waals surface area contributed by atoms with Gasteiger partial charge in [-0.15, -0.1) is 0 Å². The Balaban J connectivity index is 2.21. The lowest BCUT2D eigenvalue weighted by Crippen LogP contribution is -2.30. The number of para-hydroxylation sites is 1. The summed E-state index contributed by atoms with van der Waals surface area (Å²) in [6, 6.07) is 12.8. The molecule has 0 aromatic heterocycles. The molecule has 0 aliphatic carbocycles. The van der Waals surface area contributed by atoms with E-state index in [1.54, 1.807) is 12.1 Å². The third-order valence-electron chi connectivity index (χ3n) is 2.68. The maximum Gasteiger partial charge on any atom is 0.265 e. The first-order chi connectivity index (χ1) is 9.63. The van der Waals surface area contributed by atoms with Crippen molar-refractivity contribution in [2.45, 2.75) is 6.61 Å². The Morgan fingerprint density at radius 3 is 2.40 bits per heavy atom. The summed E-state index contributed by atoms with van der Waals surface area (Å²) in [5.41, 5.74) is 3.39. The van der Waals surface area contributed by atoms with E-state index in [0.717, 1.165) is 14.5 Å². The van der Waals surface area contributed by atoms with Crippen LogP contribution < -0.4 is 16.0 Å². The van der Waals surface area contributed by atoms with Crippen LogP contribution in [0.5, 0.6) is 5.75 Å². The fraction of sp³-hybridized carbons (Fsp3) is 0.0714. The minimum Gasteiger partial charge on any atom is -0.487 e. The molecule has 20 heavy (non-hydrogen) atoms. The lowest BCUT2D eigenvalue weighted by molar-refractivity contribution is 0.0951. The predicted octanol–water partition coefficient (Wildman–Crippen LogP) is 3.39. The summed E-state index contributed by atoms with van der Waals surface area (Å²) in [4.78, 5) is 11.7. The molecule has 0 unspecified atom stereocenters. The Kier molecular flexibility index (Phi) is 5.17. The summed E-state index contributed by atoms with van der Waals surface area (Å²) in [5.74, 6) is 5.53. The number of nitrogens with one attached hydrogen (secondary N) is 1. The minimum absolute atomic E-state index is 0.269. The minimum atomic E-state index is -0.338. The van der Waals surface area contributed by atoms with Crippen molar-refractivity contribution in [3.05, 3.63) is 62.5 Å². The molecule has 0 atom stereocenters. The average molecular weight is 400 g/mol. The second-order valence-corrected chi connectivity index (χ2v) is 5.68. The quantitative estimate of drug-likeness (QED) is 0.470. The maximum atomic E-state index is 11.7. The molecule has 6 heteroatoms. The summed E-state index contributed by atoms with van der Waals surface area (Å²) in [6.45, 7) is 0.269. The first-order valence-electron chi connectivity index (χ1n) is 5.79. The van der Waals surface area contributed by atoms with Crippen LogP contribution in [0, 0.1) is 0 Å². The molecule has 4 nitrogen and oxygen atoms in total. The van der Waals surface area contributed by atoms with Crippen LogP contribution in [0.15, 0.2) is 51.4 Å². The summed E-state index contributed by atoms with van der Waals surface area (Å²) in [7, 11) is 0. The highest BCUT2D eigenvalue weighted by Gasteiger charge is 2.11. The van der Waals surface area contributed by atoms with E-state index in [1.165, 1.54) is 0 Å². The standard InChI is InChI=1S/C14H12Br2N2O2/c15-11-6-3-7-12(16)13(11)20-8-9-4-1-2-5-10(9)14(19)18-17/h1-7H,8,17H2,(H,18,19). The van der Waals surface area contributed by atoms with Crippen LogP contribution in [0.1, 0.15) is 15.9 Å². The highest BCUT2D eigenvalue weighted by Crippen LogP contribution is 2.33. The molecule has 2 rings (SSSR count). The van der Waals surface area contributed by atoms with Crippen LogP contribution >= 0.6 is 31.9 Å². The van der Waals surface area contributed by atoms with Gasteiger partial charge in [-0.1, -0.05) is 24.3 Å². The second kappa shape index (κ2) is 6.88. The first kappa shape index (κ1) is 15.0. The molecule has 0 fully saturated rings. The van der Waals surface area contributed by atoms with Crippen molar-refractivity contribution in [1.82, 2.24) is 5.43 Å². The molecule has 1 amide bonds. The number of ether oxygens (including phenoxy) is 1. The normalized spacial score (nSPS) is 10.2. The van der Waals surface area contributed by atoms with Gasteiger partial charge in [0.25, 0.3) is 5.91 Å². The van der Waals surface area contributed by atoms with E-state index >= 15 is 0 Å². The number of carbonyl (C=O) groups excluding carboxylic acids is 1. The number of rotatable bonds is 4. The van der Waals surface area contributed by atoms with Crippen molar-refractivity contribution >= 4 is 37.8 Å². The zero-order valence-corrected chi connectivity index (χ0v) is 13.6. The largest absolute Gasteiger partial charge is 0.487 e. The van der Waals surface area contributed by atoms with E-state index in [2.05, 4.69) is 37.3 Å². The van der Waals surface area contributed by atoms with Crippen molar-refractivity contribution < 1.29 is 9.53 Å². The summed E-state index contributed by atoms with van der Waals surface area (Å²) in [5, 5.41) is 0. The molecular formula is C14H12Br2N2O2. The van der Waals surface area contributed by atoms with Gasteiger partial charge in [0.1, 0.15) is 12.4 Å². The molecule has 2 aromatic rings. The van der Waals surface area contributed by atoms with E-state index in [9.17, 15) is 4.79 Å². The summed E-state index contributed by atoms with van der Waals surface area (Å²) < 4.78 is 7.46. The van der Waals surface area contributed by atoms with Gasteiger partial charge in [0.05, 0.1) is 8.95 Å². The zero-order valence-electron chi connectivity index (χ0n) is 10.4. The molecule has 0 bridgehead atoms. The van der Waals surface area contributed by atoms with Crippen molar-refractivity contribution in [2.24, 2.45) is 5.84 Å². The van der Waals surface area contributed by atoms with Crippen LogP contribution in [-0.2, 0) is 6.61 Å². The van der Waals surface area contributed by atoms with Gasteiger partial charge in [-0.25, -0.2) is 5.84 Å². The van der Waals surface area contributed by atoms with Crippen LogP contribution in [-0.4, -0.2) is 5.91 Å². The molecule has 3 N–H and O–H groups in total.